The van der Waals surface area contributed by atoms with Crippen LogP contribution >= 0.6 is 11.6 Å². The molecule has 0 spiro atoms. The molecule has 0 saturated carbocycles. The van der Waals surface area contributed by atoms with Crippen molar-refractivity contribution in [2.75, 3.05) is 11.4 Å². The lowest BCUT2D eigenvalue weighted by atomic mass is 10.0. The van der Waals surface area contributed by atoms with E-state index in [0.29, 0.717) is 39.9 Å². The summed E-state index contributed by atoms with van der Waals surface area (Å²) in [5, 5.41) is 5.08. The molecular formula is C34H28ClN5O2. The third-order valence-electron chi connectivity index (χ3n) is 7.26. The summed E-state index contributed by atoms with van der Waals surface area (Å²) in [5.74, 6) is 0.108. The minimum Gasteiger partial charge on any atom is -0.305 e. The van der Waals surface area contributed by atoms with Crippen molar-refractivity contribution in [2.24, 2.45) is 4.99 Å². The van der Waals surface area contributed by atoms with Crippen LogP contribution < -0.4 is 4.90 Å². The maximum absolute atomic E-state index is 13.7. The van der Waals surface area contributed by atoms with Crippen LogP contribution in [0, 0.1) is 6.92 Å². The van der Waals surface area contributed by atoms with Crippen molar-refractivity contribution in [1.82, 2.24) is 14.8 Å². The van der Waals surface area contributed by atoms with Crippen molar-refractivity contribution < 1.29 is 9.59 Å². The van der Waals surface area contributed by atoms with Crippen LogP contribution in [0.25, 0.3) is 0 Å². The van der Waals surface area contributed by atoms with Gasteiger partial charge in [-0.05, 0) is 50.2 Å². The van der Waals surface area contributed by atoms with Gasteiger partial charge in [0.1, 0.15) is 5.69 Å². The molecule has 0 aliphatic carbocycles. The average Bonchev–Trinajstić information content (AvgIpc) is 3.43. The number of hydrogen-bond donors (Lipinski definition) is 0. The van der Waals surface area contributed by atoms with Crippen LogP contribution in [0.4, 0.5) is 11.5 Å². The molecule has 2 aromatic heterocycles. The molecule has 42 heavy (non-hydrogen) atoms. The predicted octanol–water partition coefficient (Wildman–Crippen LogP) is 7.06. The molecule has 0 radical (unpaired) electrons. The Morgan fingerprint density at radius 1 is 0.929 bits per heavy atom. The van der Waals surface area contributed by atoms with Gasteiger partial charge in [0.2, 0.25) is 0 Å². The van der Waals surface area contributed by atoms with Crippen LogP contribution in [0.15, 0.2) is 108 Å². The zero-order chi connectivity index (χ0) is 29.2. The van der Waals surface area contributed by atoms with Crippen LogP contribution in [-0.2, 0) is 6.42 Å². The number of aryl methyl sites for hydroxylation is 1. The van der Waals surface area contributed by atoms with Crippen molar-refractivity contribution in [3.05, 3.63) is 142 Å². The van der Waals surface area contributed by atoms with E-state index in [1.165, 1.54) is 0 Å². The Morgan fingerprint density at radius 3 is 2.21 bits per heavy atom. The van der Waals surface area contributed by atoms with Gasteiger partial charge in [-0.3, -0.25) is 14.3 Å². The maximum atomic E-state index is 13.7. The SMILES string of the molecule is Cc1cc(C(=O)Cc2cnn3c2C(=O)N(c2ccc(Cl)cc2)C[C@@H]3C)cc(N=C(c2ccccc2)c2ccccc2)n1. The van der Waals surface area contributed by atoms with E-state index in [0.717, 1.165) is 22.5 Å². The number of anilines is 1. The molecule has 8 heteroatoms. The number of nitrogens with zero attached hydrogens (tertiary/aromatic N) is 5. The summed E-state index contributed by atoms with van der Waals surface area (Å²) in [6.45, 7) is 4.32. The number of Topliss-reactive ketones (excluding diaryl/α,β-unsaturated/α-hetero) is 1. The number of rotatable bonds is 7. The van der Waals surface area contributed by atoms with Gasteiger partial charge in [-0.1, -0.05) is 72.3 Å². The minimum absolute atomic E-state index is 0.0269. The largest absolute Gasteiger partial charge is 0.305 e. The van der Waals surface area contributed by atoms with Gasteiger partial charge in [0.05, 0.1) is 18.0 Å². The Labute approximate surface area is 249 Å². The number of pyridine rings is 1. The van der Waals surface area contributed by atoms with E-state index < -0.39 is 0 Å². The van der Waals surface area contributed by atoms with E-state index in [-0.39, 0.29) is 24.2 Å². The number of halogens is 1. The summed E-state index contributed by atoms with van der Waals surface area (Å²) in [5.41, 5.74) is 5.58. The molecule has 6 rings (SSSR count). The number of carbonyl (C=O) groups excluding carboxylic acids is 2. The summed E-state index contributed by atoms with van der Waals surface area (Å²) in [6, 6.07) is 30.4. The average molecular weight is 574 g/mol. The van der Waals surface area contributed by atoms with Crippen LogP contribution in [0.2, 0.25) is 5.02 Å². The number of aliphatic imine (C=N–C) groups is 1. The lowest BCUT2D eigenvalue weighted by Gasteiger charge is -2.32. The highest BCUT2D eigenvalue weighted by molar-refractivity contribution is 6.30. The first-order valence-corrected chi connectivity index (χ1v) is 14.1. The monoisotopic (exact) mass is 573 g/mol. The maximum Gasteiger partial charge on any atom is 0.276 e. The number of hydrogen-bond acceptors (Lipinski definition) is 5. The summed E-state index contributed by atoms with van der Waals surface area (Å²) in [6.07, 6.45) is 1.65. The molecule has 0 bridgehead atoms. The molecule has 3 heterocycles. The standard InChI is InChI=1S/C34H28ClN5O2/c1-22-17-26(19-31(37-22)38-32(24-9-5-3-6-10-24)25-11-7-4-8-12-25)30(41)18-27-20-36-40-23(2)21-39(34(42)33(27)40)29-15-13-28(35)14-16-29/h3-17,19-20,23H,18,21H2,1-2H3/t23-/m0/s1. The Bertz CT molecular complexity index is 1760. The van der Waals surface area contributed by atoms with Crippen LogP contribution in [0.1, 0.15) is 56.2 Å². The van der Waals surface area contributed by atoms with E-state index in [2.05, 4.69) is 10.1 Å². The summed E-state index contributed by atoms with van der Waals surface area (Å²) < 4.78 is 1.72. The Morgan fingerprint density at radius 2 is 1.57 bits per heavy atom. The smallest absolute Gasteiger partial charge is 0.276 e. The van der Waals surface area contributed by atoms with E-state index in [1.54, 1.807) is 40.0 Å². The van der Waals surface area contributed by atoms with Gasteiger partial charge >= 0.3 is 0 Å². The van der Waals surface area contributed by atoms with Gasteiger partial charge in [-0.2, -0.15) is 5.10 Å². The highest BCUT2D eigenvalue weighted by atomic mass is 35.5. The van der Waals surface area contributed by atoms with Crippen molar-refractivity contribution in [3.63, 3.8) is 0 Å². The van der Waals surface area contributed by atoms with Crippen molar-refractivity contribution in [3.8, 4) is 0 Å². The second-order valence-corrected chi connectivity index (χ2v) is 10.8. The molecule has 7 nitrogen and oxygen atoms in total. The number of aromatic nitrogens is 3. The normalized spacial score (nSPS) is 14.4. The van der Waals surface area contributed by atoms with Crippen molar-refractivity contribution >= 4 is 40.5 Å². The van der Waals surface area contributed by atoms with Gasteiger partial charge in [0, 0.05) is 51.6 Å². The van der Waals surface area contributed by atoms with Gasteiger partial charge in [-0.15, -0.1) is 0 Å². The van der Waals surface area contributed by atoms with Crippen molar-refractivity contribution in [2.45, 2.75) is 26.3 Å². The number of ketones is 1. The zero-order valence-electron chi connectivity index (χ0n) is 23.2. The zero-order valence-corrected chi connectivity index (χ0v) is 24.0. The molecule has 0 N–H and O–H groups in total. The van der Waals surface area contributed by atoms with Gasteiger partial charge < -0.3 is 4.90 Å². The molecule has 0 unspecified atom stereocenters. The Hall–Kier alpha value is -4.88. The van der Waals surface area contributed by atoms with Crippen LogP contribution in [0.3, 0.4) is 0 Å². The molecule has 1 atom stereocenters. The lowest BCUT2D eigenvalue weighted by Crippen LogP contribution is -2.43. The van der Waals surface area contributed by atoms with E-state index in [9.17, 15) is 9.59 Å². The van der Waals surface area contributed by atoms with Gasteiger partial charge in [0.25, 0.3) is 5.91 Å². The second-order valence-electron chi connectivity index (χ2n) is 10.4. The van der Waals surface area contributed by atoms with Crippen molar-refractivity contribution in [1.29, 1.82) is 0 Å². The first-order valence-electron chi connectivity index (χ1n) is 13.7. The molecule has 1 aliphatic heterocycles. The molecule has 1 amide bonds. The fourth-order valence-electron chi connectivity index (χ4n) is 5.24. The number of fused-ring (bicyclic) bond motifs is 1. The van der Waals surface area contributed by atoms with E-state index in [4.69, 9.17) is 16.6 Å². The molecule has 0 saturated heterocycles. The fraction of sp³-hybridized carbons (Fsp3) is 0.147. The van der Waals surface area contributed by atoms with Crippen LogP contribution in [0.5, 0.6) is 0 Å². The minimum atomic E-state index is -0.192. The Kier molecular flexibility index (Phi) is 7.50. The molecule has 0 fully saturated rings. The topological polar surface area (TPSA) is 80.5 Å². The molecular weight excluding hydrogens is 546 g/mol. The predicted molar refractivity (Wildman–Crippen MR) is 165 cm³/mol. The van der Waals surface area contributed by atoms with Gasteiger partial charge in [0.15, 0.2) is 11.6 Å². The highest BCUT2D eigenvalue weighted by Crippen LogP contribution is 2.29. The second kappa shape index (κ2) is 11.5. The molecule has 1 aliphatic rings. The van der Waals surface area contributed by atoms with Crippen LogP contribution in [-0.4, -0.2) is 38.7 Å². The highest BCUT2D eigenvalue weighted by Gasteiger charge is 2.33. The number of amides is 1. The summed E-state index contributed by atoms with van der Waals surface area (Å²) in [7, 11) is 0. The first kappa shape index (κ1) is 27.3. The lowest BCUT2D eigenvalue weighted by molar-refractivity contribution is 0.0951. The molecule has 5 aromatic rings. The molecule has 208 valence electrons. The summed E-state index contributed by atoms with van der Waals surface area (Å²) in [4.78, 5) is 38.5. The fourth-order valence-corrected chi connectivity index (χ4v) is 5.37. The van der Waals surface area contributed by atoms with Gasteiger partial charge in [-0.25, -0.2) is 9.98 Å². The molecule has 3 aromatic carbocycles. The number of benzene rings is 3. The Balaban J connectivity index is 1.32. The van der Waals surface area contributed by atoms with E-state index in [1.807, 2.05) is 86.6 Å². The third kappa shape index (κ3) is 5.51. The first-order chi connectivity index (χ1) is 20.4. The number of carbonyl (C=O) groups is 2. The quantitative estimate of drug-likeness (QED) is 0.154. The van der Waals surface area contributed by atoms with E-state index >= 15 is 0 Å². The third-order valence-corrected chi connectivity index (χ3v) is 7.51. The summed E-state index contributed by atoms with van der Waals surface area (Å²) >= 11 is 6.06.